The van der Waals surface area contributed by atoms with Gasteiger partial charge in [-0.2, -0.15) is 0 Å². The second kappa shape index (κ2) is 4.90. The van der Waals surface area contributed by atoms with Crippen molar-refractivity contribution in [3.8, 4) is 0 Å². The lowest BCUT2D eigenvalue weighted by Crippen LogP contribution is -2.22. The molecule has 1 aromatic carbocycles. The Morgan fingerprint density at radius 2 is 1.73 bits per heavy atom. The number of ketones is 1. The van der Waals surface area contributed by atoms with Gasteiger partial charge >= 0.3 is 0 Å². The predicted molar refractivity (Wildman–Crippen MR) is 54.9 cm³/mol. The molecule has 0 saturated carbocycles. The van der Waals surface area contributed by atoms with Crippen LogP contribution >= 0.6 is 0 Å². The van der Waals surface area contributed by atoms with Gasteiger partial charge in [-0.1, -0.05) is 40.6 Å². The third-order valence-electron chi connectivity index (χ3n) is 1.84. The van der Waals surface area contributed by atoms with Crippen LogP contribution in [-0.4, -0.2) is 27.6 Å². The maximum Gasteiger partial charge on any atom is 0.216 e. The van der Waals surface area contributed by atoms with Crippen LogP contribution in [0.3, 0.4) is 0 Å². The van der Waals surface area contributed by atoms with Crippen LogP contribution in [0.4, 0.5) is 0 Å². The molecule has 5 heteroatoms. The summed E-state index contributed by atoms with van der Waals surface area (Å²) < 4.78 is 0. The van der Waals surface area contributed by atoms with Crippen LogP contribution in [0.15, 0.2) is 40.6 Å². The van der Waals surface area contributed by atoms with Gasteiger partial charge in [-0.3, -0.25) is 4.79 Å². The lowest BCUT2D eigenvalue weighted by molar-refractivity contribution is 0.106. The molecule has 0 aromatic heterocycles. The van der Waals surface area contributed by atoms with E-state index in [2.05, 4.69) is 10.3 Å². The first-order valence-corrected chi connectivity index (χ1v) is 4.21. The van der Waals surface area contributed by atoms with E-state index in [1.54, 1.807) is 30.3 Å². The highest BCUT2D eigenvalue weighted by atomic mass is 16.4. The van der Waals surface area contributed by atoms with Gasteiger partial charge in [0.15, 0.2) is 5.71 Å². The Morgan fingerprint density at radius 3 is 2.20 bits per heavy atom. The number of hydrogen-bond donors (Lipinski definition) is 2. The number of carbonyl (C=O) groups excluding carboxylic acids is 1. The summed E-state index contributed by atoms with van der Waals surface area (Å²) in [6, 6.07) is 8.30. The van der Waals surface area contributed by atoms with Crippen molar-refractivity contribution in [3.05, 3.63) is 35.9 Å². The molecule has 5 nitrogen and oxygen atoms in total. The number of nitrogens with zero attached hydrogens (tertiary/aromatic N) is 2. The van der Waals surface area contributed by atoms with E-state index in [4.69, 9.17) is 10.4 Å². The van der Waals surface area contributed by atoms with Crippen LogP contribution in [-0.2, 0) is 0 Å². The molecular formula is C10H10N2O3. The second-order valence-electron chi connectivity index (χ2n) is 2.83. The number of Topliss-reactive ketones (excluding diaryl/α,β-unsaturated/α-hetero) is 1. The van der Waals surface area contributed by atoms with Crippen LogP contribution in [0.5, 0.6) is 0 Å². The zero-order valence-electron chi connectivity index (χ0n) is 8.08. The highest BCUT2D eigenvalue weighted by Crippen LogP contribution is 2.02. The van der Waals surface area contributed by atoms with Gasteiger partial charge in [-0.15, -0.1) is 0 Å². The van der Waals surface area contributed by atoms with Gasteiger partial charge in [0.25, 0.3) is 0 Å². The van der Waals surface area contributed by atoms with E-state index in [9.17, 15) is 4.79 Å². The summed E-state index contributed by atoms with van der Waals surface area (Å²) in [5, 5.41) is 22.7. The maximum absolute atomic E-state index is 11.7. The third-order valence-corrected chi connectivity index (χ3v) is 1.84. The van der Waals surface area contributed by atoms with Crippen molar-refractivity contribution in [3.63, 3.8) is 0 Å². The summed E-state index contributed by atoms with van der Waals surface area (Å²) in [7, 11) is 0. The van der Waals surface area contributed by atoms with Crippen LogP contribution < -0.4 is 0 Å². The predicted octanol–water partition coefficient (Wildman–Crippen LogP) is 1.55. The molecule has 0 aliphatic carbocycles. The molecule has 0 aliphatic rings. The molecule has 0 spiro atoms. The standard InChI is InChI=1S/C10H10N2O3/c1-7(11-14)9(12-15)10(13)8-5-3-2-4-6-8/h2-6,14-15H,1H3/b11-7+,12-9-. The Labute approximate surface area is 86.3 Å². The first-order valence-electron chi connectivity index (χ1n) is 4.21. The Kier molecular flexibility index (Phi) is 3.56. The van der Waals surface area contributed by atoms with Crippen molar-refractivity contribution >= 4 is 17.2 Å². The van der Waals surface area contributed by atoms with Crippen molar-refractivity contribution in [1.82, 2.24) is 0 Å². The zero-order valence-corrected chi connectivity index (χ0v) is 8.08. The number of hydrogen-bond acceptors (Lipinski definition) is 5. The summed E-state index contributed by atoms with van der Waals surface area (Å²) >= 11 is 0. The summed E-state index contributed by atoms with van der Waals surface area (Å²) in [6.45, 7) is 1.37. The molecule has 0 atom stereocenters. The molecule has 0 heterocycles. The average molecular weight is 206 g/mol. The minimum atomic E-state index is -0.492. The third kappa shape index (κ3) is 2.40. The second-order valence-corrected chi connectivity index (χ2v) is 2.83. The largest absolute Gasteiger partial charge is 0.411 e. The summed E-state index contributed by atoms with van der Waals surface area (Å²) in [5.41, 5.74) is 0.0587. The van der Waals surface area contributed by atoms with Crippen LogP contribution in [0, 0.1) is 0 Å². The van der Waals surface area contributed by atoms with Gasteiger partial charge in [0, 0.05) is 5.56 Å². The van der Waals surface area contributed by atoms with Crippen LogP contribution in [0.2, 0.25) is 0 Å². The summed E-state index contributed by atoms with van der Waals surface area (Å²) in [6.07, 6.45) is 0. The fourth-order valence-electron chi connectivity index (χ4n) is 1.06. The van der Waals surface area contributed by atoms with Crippen LogP contribution in [0.25, 0.3) is 0 Å². The Hall–Kier alpha value is -2.17. The molecule has 0 aliphatic heterocycles. The molecule has 0 radical (unpaired) electrons. The van der Waals surface area contributed by atoms with Crippen molar-refractivity contribution in [2.24, 2.45) is 10.3 Å². The minimum absolute atomic E-state index is 0.0358. The molecule has 0 amide bonds. The Bertz CT molecular complexity index is 410. The molecule has 0 unspecified atom stereocenters. The smallest absolute Gasteiger partial charge is 0.216 e. The molecule has 1 rings (SSSR count). The first-order chi connectivity index (χ1) is 7.20. The molecule has 0 bridgehead atoms. The molecular weight excluding hydrogens is 196 g/mol. The van der Waals surface area contributed by atoms with E-state index in [0.29, 0.717) is 5.56 Å². The minimum Gasteiger partial charge on any atom is -0.411 e. The lowest BCUT2D eigenvalue weighted by atomic mass is 10.0. The Morgan fingerprint density at radius 1 is 1.13 bits per heavy atom. The fraction of sp³-hybridized carbons (Fsp3) is 0.100. The van der Waals surface area contributed by atoms with Gasteiger partial charge in [0.05, 0.1) is 0 Å². The topological polar surface area (TPSA) is 82.2 Å². The monoisotopic (exact) mass is 206 g/mol. The van der Waals surface area contributed by atoms with E-state index in [1.165, 1.54) is 6.92 Å². The van der Waals surface area contributed by atoms with Crippen molar-refractivity contribution in [2.75, 3.05) is 0 Å². The van der Waals surface area contributed by atoms with Gasteiger partial charge < -0.3 is 10.4 Å². The van der Waals surface area contributed by atoms with E-state index in [0.717, 1.165) is 0 Å². The number of carbonyl (C=O) groups is 1. The van der Waals surface area contributed by atoms with Gasteiger partial charge in [-0.05, 0) is 6.92 Å². The lowest BCUT2D eigenvalue weighted by Gasteiger charge is -2.01. The molecule has 2 N–H and O–H groups in total. The maximum atomic E-state index is 11.7. The highest BCUT2D eigenvalue weighted by Gasteiger charge is 2.17. The van der Waals surface area contributed by atoms with E-state index >= 15 is 0 Å². The van der Waals surface area contributed by atoms with Gasteiger partial charge in [0.1, 0.15) is 5.71 Å². The van der Waals surface area contributed by atoms with Crippen molar-refractivity contribution in [2.45, 2.75) is 6.92 Å². The van der Waals surface area contributed by atoms with Crippen LogP contribution in [0.1, 0.15) is 17.3 Å². The van der Waals surface area contributed by atoms with E-state index in [-0.39, 0.29) is 11.4 Å². The summed E-state index contributed by atoms with van der Waals surface area (Å²) in [4.78, 5) is 11.7. The van der Waals surface area contributed by atoms with Crippen molar-refractivity contribution in [1.29, 1.82) is 0 Å². The normalized spacial score (nSPS) is 12.6. The average Bonchev–Trinajstić information content (AvgIpc) is 2.30. The molecule has 1 aromatic rings. The molecule has 0 fully saturated rings. The van der Waals surface area contributed by atoms with E-state index < -0.39 is 5.78 Å². The first kappa shape index (κ1) is 10.9. The number of rotatable bonds is 3. The Balaban J connectivity index is 3.05. The molecule has 78 valence electrons. The SMILES string of the molecule is CC(=N\O)/C(=N/O)C(=O)c1ccccc1. The van der Waals surface area contributed by atoms with Crippen molar-refractivity contribution < 1.29 is 15.2 Å². The number of benzene rings is 1. The molecule has 15 heavy (non-hydrogen) atoms. The van der Waals surface area contributed by atoms with Gasteiger partial charge in [0.2, 0.25) is 5.78 Å². The zero-order chi connectivity index (χ0) is 11.3. The van der Waals surface area contributed by atoms with E-state index in [1.807, 2.05) is 0 Å². The van der Waals surface area contributed by atoms with Gasteiger partial charge in [-0.25, -0.2) is 0 Å². The molecule has 0 saturated heterocycles. The highest BCUT2D eigenvalue weighted by molar-refractivity contribution is 6.69. The quantitative estimate of drug-likeness (QED) is 0.340. The summed E-state index contributed by atoms with van der Waals surface area (Å²) in [5.74, 6) is -0.492. The number of oxime groups is 2. The fourth-order valence-corrected chi connectivity index (χ4v) is 1.06.